The number of hydrogen-bond donors (Lipinski definition) is 1. The number of ether oxygens (including phenoxy) is 1. The Hall–Kier alpha value is -1.95. The fourth-order valence-electron chi connectivity index (χ4n) is 3.60. The van der Waals surface area contributed by atoms with Crippen LogP contribution in [0.1, 0.15) is 30.1 Å². The molecule has 1 unspecified atom stereocenters. The summed E-state index contributed by atoms with van der Waals surface area (Å²) in [6.45, 7) is 3.01. The third-order valence-electron chi connectivity index (χ3n) is 4.64. The normalized spacial score (nSPS) is 26.8. The second kappa shape index (κ2) is 6.04. The third-order valence-corrected chi connectivity index (χ3v) is 4.64. The average molecular weight is 303 g/mol. The number of carbonyl (C=O) groups excluding carboxylic acids is 2. The summed E-state index contributed by atoms with van der Waals surface area (Å²) in [7, 11) is 1.76. The largest absolute Gasteiger partial charge is 0.381 e. The Labute approximate surface area is 129 Å². The lowest BCUT2D eigenvalue weighted by Gasteiger charge is -2.19. The molecule has 1 aliphatic carbocycles. The van der Waals surface area contributed by atoms with Crippen molar-refractivity contribution in [2.45, 2.75) is 25.9 Å². The molecule has 2 aliphatic rings. The highest BCUT2D eigenvalue weighted by molar-refractivity contribution is 5.96. The summed E-state index contributed by atoms with van der Waals surface area (Å²) in [6.07, 6.45) is 3.98. The Bertz CT molecular complexity index is 576. The van der Waals surface area contributed by atoms with Gasteiger partial charge in [-0.2, -0.15) is 0 Å². The summed E-state index contributed by atoms with van der Waals surface area (Å²) < 4.78 is 5.43. The van der Waals surface area contributed by atoms with E-state index in [1.54, 1.807) is 25.4 Å². The van der Waals surface area contributed by atoms with E-state index >= 15 is 0 Å². The highest BCUT2D eigenvalue weighted by atomic mass is 16.5. The molecule has 1 saturated heterocycles. The summed E-state index contributed by atoms with van der Waals surface area (Å²) in [5, 5.41) is 2.61. The number of hydrogen-bond acceptors (Lipinski definition) is 4. The van der Waals surface area contributed by atoms with Gasteiger partial charge in [0.1, 0.15) is 5.82 Å². The molecule has 0 spiro atoms. The lowest BCUT2D eigenvalue weighted by Crippen LogP contribution is -2.30. The first kappa shape index (κ1) is 15.0. The molecule has 2 amide bonds. The van der Waals surface area contributed by atoms with Crippen LogP contribution in [0.25, 0.3) is 0 Å². The molecule has 3 atom stereocenters. The van der Waals surface area contributed by atoms with Gasteiger partial charge in [-0.3, -0.25) is 9.59 Å². The molecule has 0 aromatic carbocycles. The SMILES string of the molecule is COC1C[C@@H]2CN(C(=O)c3ccnc(NC(C)=O)c3)C[C@@H]2C1. The van der Waals surface area contributed by atoms with Crippen LogP contribution >= 0.6 is 0 Å². The number of nitrogens with one attached hydrogen (secondary N) is 1. The van der Waals surface area contributed by atoms with Crippen molar-refractivity contribution in [3.8, 4) is 0 Å². The number of aromatic nitrogens is 1. The number of anilines is 1. The maximum absolute atomic E-state index is 12.6. The minimum atomic E-state index is -0.196. The maximum atomic E-state index is 12.6. The van der Waals surface area contributed by atoms with E-state index < -0.39 is 0 Å². The zero-order valence-corrected chi connectivity index (χ0v) is 12.9. The van der Waals surface area contributed by atoms with Crippen LogP contribution in [0.4, 0.5) is 5.82 Å². The number of amides is 2. The molecule has 2 heterocycles. The zero-order chi connectivity index (χ0) is 15.7. The molecule has 6 nitrogen and oxygen atoms in total. The molecular weight excluding hydrogens is 282 g/mol. The first-order chi connectivity index (χ1) is 10.6. The first-order valence-electron chi connectivity index (χ1n) is 7.62. The molecule has 6 heteroatoms. The highest BCUT2D eigenvalue weighted by Gasteiger charge is 2.42. The van der Waals surface area contributed by atoms with E-state index in [1.807, 2.05) is 4.90 Å². The first-order valence-corrected chi connectivity index (χ1v) is 7.62. The van der Waals surface area contributed by atoms with Crippen molar-refractivity contribution in [2.75, 3.05) is 25.5 Å². The van der Waals surface area contributed by atoms with Crippen LogP contribution in [0.2, 0.25) is 0 Å². The van der Waals surface area contributed by atoms with Crippen LogP contribution < -0.4 is 5.32 Å². The summed E-state index contributed by atoms with van der Waals surface area (Å²) in [5.41, 5.74) is 0.571. The lowest BCUT2D eigenvalue weighted by molar-refractivity contribution is -0.114. The molecule has 22 heavy (non-hydrogen) atoms. The molecule has 1 aromatic heterocycles. The smallest absolute Gasteiger partial charge is 0.254 e. The van der Waals surface area contributed by atoms with Gasteiger partial charge in [-0.15, -0.1) is 0 Å². The predicted octanol–water partition coefficient (Wildman–Crippen LogP) is 1.54. The lowest BCUT2D eigenvalue weighted by atomic mass is 10.0. The molecule has 0 radical (unpaired) electrons. The maximum Gasteiger partial charge on any atom is 0.254 e. The molecule has 1 aromatic rings. The van der Waals surface area contributed by atoms with Gasteiger partial charge in [-0.05, 0) is 36.8 Å². The van der Waals surface area contributed by atoms with Crippen molar-refractivity contribution in [1.82, 2.24) is 9.88 Å². The molecule has 1 saturated carbocycles. The van der Waals surface area contributed by atoms with Gasteiger partial charge >= 0.3 is 0 Å². The van der Waals surface area contributed by atoms with Crippen LogP contribution in [0.15, 0.2) is 18.3 Å². The number of fused-ring (bicyclic) bond motifs is 1. The number of pyridine rings is 1. The van der Waals surface area contributed by atoms with Gasteiger partial charge in [-0.1, -0.05) is 0 Å². The fraction of sp³-hybridized carbons (Fsp3) is 0.562. The van der Waals surface area contributed by atoms with Gasteiger partial charge in [0, 0.05) is 38.9 Å². The van der Waals surface area contributed by atoms with Crippen molar-refractivity contribution in [2.24, 2.45) is 11.8 Å². The van der Waals surface area contributed by atoms with Gasteiger partial charge in [-0.25, -0.2) is 4.98 Å². The topological polar surface area (TPSA) is 71.5 Å². The average Bonchev–Trinajstić information content (AvgIpc) is 3.04. The summed E-state index contributed by atoms with van der Waals surface area (Å²) in [5.74, 6) is 1.32. The minimum Gasteiger partial charge on any atom is -0.381 e. The van der Waals surface area contributed by atoms with Crippen LogP contribution in [-0.4, -0.2) is 48.0 Å². The molecule has 1 N–H and O–H groups in total. The molecule has 1 aliphatic heterocycles. The van der Waals surface area contributed by atoms with E-state index in [4.69, 9.17) is 4.74 Å². The van der Waals surface area contributed by atoms with Crippen LogP contribution in [0.5, 0.6) is 0 Å². The van der Waals surface area contributed by atoms with E-state index in [9.17, 15) is 9.59 Å². The number of nitrogens with zero attached hydrogens (tertiary/aromatic N) is 2. The van der Waals surface area contributed by atoms with Crippen molar-refractivity contribution in [3.63, 3.8) is 0 Å². The fourth-order valence-corrected chi connectivity index (χ4v) is 3.60. The molecular formula is C16H21N3O3. The Morgan fingerprint density at radius 3 is 2.59 bits per heavy atom. The predicted molar refractivity (Wildman–Crippen MR) is 81.5 cm³/mol. The molecule has 2 fully saturated rings. The third kappa shape index (κ3) is 2.97. The quantitative estimate of drug-likeness (QED) is 0.919. The van der Waals surface area contributed by atoms with E-state index in [1.165, 1.54) is 6.92 Å². The van der Waals surface area contributed by atoms with Crippen molar-refractivity contribution in [3.05, 3.63) is 23.9 Å². The summed E-state index contributed by atoms with van der Waals surface area (Å²) in [4.78, 5) is 29.7. The number of likely N-dealkylation sites (tertiary alicyclic amines) is 1. The Balaban J connectivity index is 1.67. The Kier molecular flexibility index (Phi) is 4.11. The Morgan fingerprint density at radius 2 is 2.00 bits per heavy atom. The number of methoxy groups -OCH3 is 1. The molecule has 3 rings (SSSR count). The van der Waals surface area contributed by atoms with E-state index in [0.717, 1.165) is 25.9 Å². The summed E-state index contributed by atoms with van der Waals surface area (Å²) >= 11 is 0. The van der Waals surface area contributed by atoms with Crippen LogP contribution in [0, 0.1) is 11.8 Å². The molecule has 118 valence electrons. The second-order valence-electron chi connectivity index (χ2n) is 6.17. The standard InChI is InChI=1S/C16H21N3O3/c1-10(20)18-15-7-11(3-4-17-15)16(21)19-8-12-5-14(22-2)6-13(12)9-19/h3-4,7,12-14H,5-6,8-9H2,1-2H3,(H,17,18,20)/t12-,13+,14?. The van der Waals surface area contributed by atoms with Crippen molar-refractivity contribution >= 4 is 17.6 Å². The van der Waals surface area contributed by atoms with E-state index in [-0.39, 0.29) is 11.8 Å². The van der Waals surface area contributed by atoms with Gasteiger partial charge in [0.15, 0.2) is 0 Å². The number of rotatable bonds is 3. The molecule has 0 bridgehead atoms. The van der Waals surface area contributed by atoms with Gasteiger partial charge < -0.3 is 15.0 Å². The van der Waals surface area contributed by atoms with Gasteiger partial charge in [0.25, 0.3) is 5.91 Å². The highest BCUT2D eigenvalue weighted by Crippen LogP contribution is 2.39. The van der Waals surface area contributed by atoms with Crippen molar-refractivity contribution < 1.29 is 14.3 Å². The zero-order valence-electron chi connectivity index (χ0n) is 12.9. The van der Waals surface area contributed by atoms with Crippen molar-refractivity contribution in [1.29, 1.82) is 0 Å². The van der Waals surface area contributed by atoms with Crippen LogP contribution in [0.3, 0.4) is 0 Å². The van der Waals surface area contributed by atoms with Crippen LogP contribution in [-0.2, 0) is 9.53 Å². The van der Waals surface area contributed by atoms with Gasteiger partial charge in [0.05, 0.1) is 6.10 Å². The summed E-state index contributed by atoms with van der Waals surface area (Å²) in [6, 6.07) is 3.33. The van der Waals surface area contributed by atoms with E-state index in [2.05, 4.69) is 10.3 Å². The second-order valence-corrected chi connectivity index (χ2v) is 6.17. The van der Waals surface area contributed by atoms with Gasteiger partial charge in [0.2, 0.25) is 5.91 Å². The Morgan fingerprint density at radius 1 is 1.32 bits per heavy atom. The monoisotopic (exact) mass is 303 g/mol. The minimum absolute atomic E-state index is 0.0115. The number of carbonyl (C=O) groups is 2. The van der Waals surface area contributed by atoms with E-state index in [0.29, 0.717) is 29.3 Å².